The number of carbonyl (C=O) groups is 1. The highest BCUT2D eigenvalue weighted by Crippen LogP contribution is 2.25. The molecule has 3 heterocycles. The summed E-state index contributed by atoms with van der Waals surface area (Å²) in [5.74, 6) is -0.427. The largest absolute Gasteiger partial charge is 0.349 e. The fourth-order valence-electron chi connectivity index (χ4n) is 3.27. The summed E-state index contributed by atoms with van der Waals surface area (Å²) in [6.45, 7) is 6.57. The number of nitrogens with one attached hydrogen (secondary N) is 1. The maximum Gasteiger partial charge on any atom is 0.263 e. The van der Waals surface area contributed by atoms with Crippen molar-refractivity contribution in [2.24, 2.45) is 0 Å². The third-order valence-electron chi connectivity index (χ3n) is 4.81. The summed E-state index contributed by atoms with van der Waals surface area (Å²) < 4.78 is 15.1. The monoisotopic (exact) mass is 435 g/mol. The standard InChI is InChI=1S/C23H22FN5OS/c1-14-4-9-19(26-13-14)21-12-20(17-5-7-18(24)8-6-17)28-29(21)11-10-25-23(30)22-15(2)27-16(3)31-22/h4-9,12-13H,10-11H2,1-3H3,(H,25,30). The second kappa shape index (κ2) is 8.77. The van der Waals surface area contributed by atoms with Crippen molar-refractivity contribution in [2.75, 3.05) is 6.54 Å². The molecule has 31 heavy (non-hydrogen) atoms. The number of halogens is 1. The summed E-state index contributed by atoms with van der Waals surface area (Å²) in [6, 6.07) is 12.1. The molecule has 1 amide bonds. The maximum atomic E-state index is 13.3. The average molecular weight is 436 g/mol. The molecule has 0 saturated heterocycles. The van der Waals surface area contributed by atoms with E-state index >= 15 is 0 Å². The number of aryl methyl sites for hydroxylation is 3. The summed E-state index contributed by atoms with van der Waals surface area (Å²) in [4.78, 5) is 22.0. The van der Waals surface area contributed by atoms with Crippen LogP contribution in [0.3, 0.4) is 0 Å². The zero-order valence-electron chi connectivity index (χ0n) is 17.5. The first-order valence-electron chi connectivity index (χ1n) is 9.90. The van der Waals surface area contributed by atoms with Crippen molar-refractivity contribution in [3.63, 3.8) is 0 Å². The number of nitrogens with zero attached hydrogens (tertiary/aromatic N) is 4. The first kappa shape index (κ1) is 20.9. The number of aromatic nitrogens is 4. The minimum Gasteiger partial charge on any atom is -0.349 e. The molecule has 0 atom stereocenters. The molecule has 1 aromatic carbocycles. The summed E-state index contributed by atoms with van der Waals surface area (Å²) in [7, 11) is 0. The fourth-order valence-corrected chi connectivity index (χ4v) is 4.11. The number of hydrogen-bond donors (Lipinski definition) is 1. The summed E-state index contributed by atoms with van der Waals surface area (Å²) in [5, 5.41) is 8.51. The molecule has 0 radical (unpaired) electrons. The van der Waals surface area contributed by atoms with Crippen LogP contribution < -0.4 is 5.32 Å². The quantitative estimate of drug-likeness (QED) is 0.482. The van der Waals surface area contributed by atoms with Gasteiger partial charge in [-0.3, -0.25) is 14.5 Å². The van der Waals surface area contributed by atoms with Gasteiger partial charge in [0, 0.05) is 18.3 Å². The van der Waals surface area contributed by atoms with E-state index in [1.54, 1.807) is 18.3 Å². The van der Waals surface area contributed by atoms with Crippen LogP contribution in [0.2, 0.25) is 0 Å². The molecule has 0 unspecified atom stereocenters. The van der Waals surface area contributed by atoms with Gasteiger partial charge >= 0.3 is 0 Å². The zero-order chi connectivity index (χ0) is 22.0. The summed E-state index contributed by atoms with van der Waals surface area (Å²) >= 11 is 1.39. The van der Waals surface area contributed by atoms with Gasteiger partial charge in [0.2, 0.25) is 0 Å². The first-order chi connectivity index (χ1) is 14.9. The van der Waals surface area contributed by atoms with Gasteiger partial charge in [-0.2, -0.15) is 5.10 Å². The van der Waals surface area contributed by atoms with Crippen molar-refractivity contribution in [3.8, 4) is 22.6 Å². The second-order valence-electron chi connectivity index (χ2n) is 7.27. The minimum absolute atomic E-state index is 0.135. The topological polar surface area (TPSA) is 72.7 Å². The van der Waals surface area contributed by atoms with Gasteiger partial charge in [0.25, 0.3) is 5.91 Å². The Kier molecular flexibility index (Phi) is 5.90. The van der Waals surface area contributed by atoms with Crippen LogP contribution >= 0.6 is 11.3 Å². The van der Waals surface area contributed by atoms with Crippen molar-refractivity contribution in [3.05, 3.63) is 75.6 Å². The molecule has 0 bridgehead atoms. The number of hydrogen-bond acceptors (Lipinski definition) is 5. The molecule has 0 saturated carbocycles. The molecule has 0 aliphatic heterocycles. The van der Waals surface area contributed by atoms with Crippen molar-refractivity contribution in [1.82, 2.24) is 25.1 Å². The van der Waals surface area contributed by atoms with E-state index in [-0.39, 0.29) is 11.7 Å². The first-order valence-corrected chi connectivity index (χ1v) is 10.7. The number of benzene rings is 1. The Balaban J connectivity index is 1.57. The third-order valence-corrected chi connectivity index (χ3v) is 5.88. The van der Waals surface area contributed by atoms with E-state index in [4.69, 9.17) is 5.10 Å². The Bertz CT molecular complexity index is 1210. The predicted molar refractivity (Wildman–Crippen MR) is 120 cm³/mol. The normalized spacial score (nSPS) is 11.0. The minimum atomic E-state index is -0.292. The van der Waals surface area contributed by atoms with Gasteiger partial charge in [0.15, 0.2) is 0 Å². The lowest BCUT2D eigenvalue weighted by Gasteiger charge is -2.08. The molecule has 0 aliphatic rings. The van der Waals surface area contributed by atoms with Crippen LogP contribution in [0.1, 0.15) is 25.9 Å². The maximum absolute atomic E-state index is 13.3. The Morgan fingerprint density at radius 2 is 1.87 bits per heavy atom. The summed E-state index contributed by atoms with van der Waals surface area (Å²) in [5.41, 5.74) is 4.95. The van der Waals surface area contributed by atoms with E-state index in [2.05, 4.69) is 15.3 Å². The van der Waals surface area contributed by atoms with E-state index in [0.29, 0.717) is 18.0 Å². The van der Waals surface area contributed by atoms with E-state index in [1.165, 1.54) is 23.5 Å². The SMILES string of the molecule is Cc1ccc(-c2cc(-c3ccc(F)cc3)nn2CCNC(=O)c2sc(C)nc2C)nc1. The zero-order valence-corrected chi connectivity index (χ0v) is 18.3. The number of pyridine rings is 1. The molecule has 0 spiro atoms. The molecule has 6 nitrogen and oxygen atoms in total. The molecule has 3 aromatic heterocycles. The lowest BCUT2D eigenvalue weighted by Crippen LogP contribution is -2.27. The van der Waals surface area contributed by atoms with E-state index in [1.807, 2.05) is 43.7 Å². The van der Waals surface area contributed by atoms with Crippen LogP contribution in [0.25, 0.3) is 22.6 Å². The predicted octanol–water partition coefficient (Wildman–Crippen LogP) is 4.56. The van der Waals surface area contributed by atoms with Gasteiger partial charge in [0.1, 0.15) is 10.7 Å². The highest BCUT2D eigenvalue weighted by Gasteiger charge is 2.15. The Hall–Kier alpha value is -3.39. The molecule has 4 rings (SSSR count). The Morgan fingerprint density at radius 1 is 1.10 bits per heavy atom. The second-order valence-corrected chi connectivity index (χ2v) is 8.47. The highest BCUT2D eigenvalue weighted by molar-refractivity contribution is 7.13. The highest BCUT2D eigenvalue weighted by atomic mass is 32.1. The van der Waals surface area contributed by atoms with Gasteiger partial charge in [0.05, 0.1) is 34.3 Å². The molecule has 0 aliphatic carbocycles. The van der Waals surface area contributed by atoms with Crippen LogP contribution in [0.5, 0.6) is 0 Å². The molecule has 1 N–H and O–H groups in total. The molecular formula is C23H22FN5OS. The van der Waals surface area contributed by atoms with Crippen molar-refractivity contribution in [1.29, 1.82) is 0 Å². The number of amides is 1. The van der Waals surface area contributed by atoms with Crippen LogP contribution in [-0.4, -0.2) is 32.2 Å². The van der Waals surface area contributed by atoms with Crippen LogP contribution in [0.15, 0.2) is 48.7 Å². The van der Waals surface area contributed by atoms with Gasteiger partial charge < -0.3 is 5.32 Å². The Morgan fingerprint density at radius 3 is 2.52 bits per heavy atom. The van der Waals surface area contributed by atoms with Crippen molar-refractivity contribution in [2.45, 2.75) is 27.3 Å². The van der Waals surface area contributed by atoms with Crippen LogP contribution in [-0.2, 0) is 6.54 Å². The molecule has 8 heteroatoms. The molecule has 4 aromatic rings. The van der Waals surface area contributed by atoms with Crippen LogP contribution in [0.4, 0.5) is 4.39 Å². The average Bonchev–Trinajstić information content (AvgIpc) is 3.32. The smallest absolute Gasteiger partial charge is 0.263 e. The summed E-state index contributed by atoms with van der Waals surface area (Å²) in [6.07, 6.45) is 1.81. The van der Waals surface area contributed by atoms with Crippen molar-refractivity contribution < 1.29 is 9.18 Å². The Labute approximate surface area is 183 Å². The van der Waals surface area contributed by atoms with Gasteiger partial charge in [-0.05, 0) is 62.7 Å². The molecular weight excluding hydrogens is 413 g/mol. The fraction of sp³-hybridized carbons (Fsp3) is 0.217. The number of thiazole rings is 1. The van der Waals surface area contributed by atoms with E-state index < -0.39 is 0 Å². The van der Waals surface area contributed by atoms with Gasteiger partial charge in [-0.25, -0.2) is 9.37 Å². The molecule has 0 fully saturated rings. The van der Waals surface area contributed by atoms with E-state index in [0.717, 1.165) is 38.9 Å². The van der Waals surface area contributed by atoms with Gasteiger partial charge in [-0.15, -0.1) is 11.3 Å². The van der Waals surface area contributed by atoms with E-state index in [9.17, 15) is 9.18 Å². The van der Waals surface area contributed by atoms with Crippen LogP contribution in [0, 0.1) is 26.6 Å². The lowest BCUT2D eigenvalue weighted by atomic mass is 10.1. The van der Waals surface area contributed by atoms with Gasteiger partial charge in [-0.1, -0.05) is 6.07 Å². The third kappa shape index (κ3) is 4.69. The van der Waals surface area contributed by atoms with Crippen molar-refractivity contribution >= 4 is 17.2 Å². The number of rotatable bonds is 6. The molecule has 158 valence electrons. The lowest BCUT2D eigenvalue weighted by molar-refractivity contribution is 0.0955. The number of carbonyl (C=O) groups excluding carboxylic acids is 1.